The SMILES string of the molecule is CCOc1cc(OCC)c2c(c1)OC(C)(C)CC2NC. The van der Waals surface area contributed by atoms with Crippen LogP contribution < -0.4 is 19.5 Å². The maximum atomic E-state index is 6.13. The van der Waals surface area contributed by atoms with Gasteiger partial charge in [-0.2, -0.15) is 0 Å². The number of rotatable bonds is 5. The van der Waals surface area contributed by atoms with Crippen molar-refractivity contribution in [2.75, 3.05) is 20.3 Å². The molecule has 0 saturated carbocycles. The standard InChI is InChI=1S/C16H25NO3/c1-6-18-11-8-13(19-7-2)15-12(17-5)10-16(3,4)20-14(15)9-11/h8-9,12,17H,6-7,10H2,1-5H3. The van der Waals surface area contributed by atoms with E-state index in [1.807, 2.05) is 33.0 Å². The molecule has 1 aliphatic heterocycles. The molecule has 112 valence electrons. The molecule has 1 aromatic carbocycles. The van der Waals surface area contributed by atoms with Gasteiger partial charge in [-0.25, -0.2) is 0 Å². The quantitative estimate of drug-likeness (QED) is 0.897. The second-order valence-corrected chi connectivity index (χ2v) is 5.61. The summed E-state index contributed by atoms with van der Waals surface area (Å²) in [4.78, 5) is 0. The van der Waals surface area contributed by atoms with Crippen molar-refractivity contribution in [3.63, 3.8) is 0 Å². The Balaban J connectivity index is 2.50. The average molecular weight is 279 g/mol. The fraction of sp³-hybridized carbons (Fsp3) is 0.625. The van der Waals surface area contributed by atoms with E-state index in [0.717, 1.165) is 29.2 Å². The van der Waals surface area contributed by atoms with Gasteiger partial charge in [-0.15, -0.1) is 0 Å². The van der Waals surface area contributed by atoms with Crippen molar-refractivity contribution in [3.05, 3.63) is 17.7 Å². The highest BCUT2D eigenvalue weighted by atomic mass is 16.5. The number of hydrogen-bond donors (Lipinski definition) is 1. The molecular formula is C16H25NO3. The van der Waals surface area contributed by atoms with Crippen LogP contribution in [0.2, 0.25) is 0 Å². The molecule has 0 amide bonds. The molecule has 1 heterocycles. The zero-order valence-corrected chi connectivity index (χ0v) is 13.1. The largest absolute Gasteiger partial charge is 0.494 e. The minimum absolute atomic E-state index is 0.199. The molecule has 1 aliphatic rings. The minimum Gasteiger partial charge on any atom is -0.494 e. The molecule has 1 N–H and O–H groups in total. The molecule has 1 atom stereocenters. The van der Waals surface area contributed by atoms with Gasteiger partial charge < -0.3 is 19.5 Å². The van der Waals surface area contributed by atoms with Gasteiger partial charge in [0, 0.05) is 24.6 Å². The van der Waals surface area contributed by atoms with Crippen LogP contribution >= 0.6 is 0 Å². The van der Waals surface area contributed by atoms with Gasteiger partial charge >= 0.3 is 0 Å². The Labute approximate surface area is 121 Å². The van der Waals surface area contributed by atoms with E-state index < -0.39 is 0 Å². The number of fused-ring (bicyclic) bond motifs is 1. The van der Waals surface area contributed by atoms with Gasteiger partial charge in [-0.05, 0) is 34.7 Å². The second-order valence-electron chi connectivity index (χ2n) is 5.61. The van der Waals surface area contributed by atoms with E-state index in [0.29, 0.717) is 13.2 Å². The van der Waals surface area contributed by atoms with E-state index in [2.05, 4.69) is 19.2 Å². The van der Waals surface area contributed by atoms with Gasteiger partial charge in [0.15, 0.2) is 0 Å². The van der Waals surface area contributed by atoms with Crippen LogP contribution in [0.5, 0.6) is 17.2 Å². The zero-order valence-electron chi connectivity index (χ0n) is 13.1. The summed E-state index contributed by atoms with van der Waals surface area (Å²) in [5.74, 6) is 2.50. The number of hydrogen-bond acceptors (Lipinski definition) is 4. The van der Waals surface area contributed by atoms with Gasteiger partial charge in [0.25, 0.3) is 0 Å². The lowest BCUT2D eigenvalue weighted by Gasteiger charge is -2.38. The van der Waals surface area contributed by atoms with Crippen molar-refractivity contribution >= 4 is 0 Å². The molecule has 0 spiro atoms. The van der Waals surface area contributed by atoms with E-state index >= 15 is 0 Å². The van der Waals surface area contributed by atoms with Crippen molar-refractivity contribution < 1.29 is 14.2 Å². The molecule has 0 bridgehead atoms. The maximum absolute atomic E-state index is 6.13. The lowest BCUT2D eigenvalue weighted by atomic mass is 9.89. The Hall–Kier alpha value is -1.42. The third-order valence-corrected chi connectivity index (χ3v) is 3.47. The molecule has 1 unspecified atom stereocenters. The Bertz CT molecular complexity index is 471. The fourth-order valence-corrected chi connectivity index (χ4v) is 2.71. The van der Waals surface area contributed by atoms with Crippen LogP contribution in [0.1, 0.15) is 45.7 Å². The highest BCUT2D eigenvalue weighted by molar-refractivity contribution is 5.53. The molecule has 0 radical (unpaired) electrons. The monoisotopic (exact) mass is 279 g/mol. The summed E-state index contributed by atoms with van der Waals surface area (Å²) in [7, 11) is 1.97. The van der Waals surface area contributed by atoms with E-state index in [-0.39, 0.29) is 11.6 Å². The third kappa shape index (κ3) is 3.01. The zero-order chi connectivity index (χ0) is 14.8. The van der Waals surface area contributed by atoms with E-state index in [4.69, 9.17) is 14.2 Å². The van der Waals surface area contributed by atoms with Crippen molar-refractivity contribution in [1.82, 2.24) is 5.32 Å². The van der Waals surface area contributed by atoms with Gasteiger partial charge in [0.1, 0.15) is 22.8 Å². The van der Waals surface area contributed by atoms with Gasteiger partial charge in [-0.1, -0.05) is 0 Å². The Kier molecular flexibility index (Phi) is 4.43. The first-order valence-corrected chi connectivity index (χ1v) is 7.30. The van der Waals surface area contributed by atoms with Crippen LogP contribution in [0.15, 0.2) is 12.1 Å². The van der Waals surface area contributed by atoms with Gasteiger partial charge in [0.05, 0.1) is 18.8 Å². The Morgan fingerprint density at radius 2 is 1.95 bits per heavy atom. The topological polar surface area (TPSA) is 39.7 Å². The molecule has 0 saturated heterocycles. The Morgan fingerprint density at radius 1 is 1.25 bits per heavy atom. The first-order valence-electron chi connectivity index (χ1n) is 7.30. The lowest BCUT2D eigenvalue weighted by Crippen LogP contribution is -2.38. The summed E-state index contributed by atoms with van der Waals surface area (Å²) in [6, 6.07) is 4.15. The summed E-state index contributed by atoms with van der Waals surface area (Å²) < 4.78 is 17.5. The van der Waals surface area contributed by atoms with Crippen LogP contribution in [0.3, 0.4) is 0 Å². The Morgan fingerprint density at radius 3 is 2.55 bits per heavy atom. The van der Waals surface area contributed by atoms with Crippen LogP contribution in [0.25, 0.3) is 0 Å². The third-order valence-electron chi connectivity index (χ3n) is 3.47. The smallest absolute Gasteiger partial charge is 0.132 e. The predicted octanol–water partition coefficient (Wildman–Crippen LogP) is 3.31. The predicted molar refractivity (Wildman–Crippen MR) is 79.9 cm³/mol. The van der Waals surface area contributed by atoms with Crippen molar-refractivity contribution in [2.45, 2.75) is 45.8 Å². The molecule has 20 heavy (non-hydrogen) atoms. The van der Waals surface area contributed by atoms with Gasteiger partial charge in [-0.3, -0.25) is 0 Å². The van der Waals surface area contributed by atoms with Crippen molar-refractivity contribution in [2.24, 2.45) is 0 Å². The number of ether oxygens (including phenoxy) is 3. The van der Waals surface area contributed by atoms with Crippen LogP contribution in [-0.4, -0.2) is 25.9 Å². The summed E-state index contributed by atoms with van der Waals surface area (Å²) >= 11 is 0. The summed E-state index contributed by atoms with van der Waals surface area (Å²) in [6.07, 6.45) is 0.907. The number of benzene rings is 1. The average Bonchev–Trinajstić information content (AvgIpc) is 2.36. The van der Waals surface area contributed by atoms with E-state index in [9.17, 15) is 0 Å². The maximum Gasteiger partial charge on any atom is 0.132 e. The van der Waals surface area contributed by atoms with E-state index in [1.165, 1.54) is 0 Å². The summed E-state index contributed by atoms with van der Waals surface area (Å²) in [5.41, 5.74) is 0.895. The van der Waals surface area contributed by atoms with Crippen molar-refractivity contribution in [3.8, 4) is 17.2 Å². The normalized spacial score (nSPS) is 19.9. The molecule has 1 aromatic rings. The van der Waals surface area contributed by atoms with Crippen LogP contribution in [0, 0.1) is 0 Å². The summed E-state index contributed by atoms with van der Waals surface area (Å²) in [6.45, 7) is 9.43. The molecule has 4 nitrogen and oxygen atoms in total. The highest BCUT2D eigenvalue weighted by Gasteiger charge is 2.35. The highest BCUT2D eigenvalue weighted by Crippen LogP contribution is 2.46. The van der Waals surface area contributed by atoms with Crippen LogP contribution in [-0.2, 0) is 0 Å². The lowest BCUT2D eigenvalue weighted by molar-refractivity contribution is 0.0655. The molecule has 0 fully saturated rings. The molecule has 0 aliphatic carbocycles. The molecule has 2 rings (SSSR count). The van der Waals surface area contributed by atoms with Gasteiger partial charge in [0.2, 0.25) is 0 Å². The molecular weight excluding hydrogens is 254 g/mol. The van der Waals surface area contributed by atoms with E-state index in [1.54, 1.807) is 0 Å². The summed E-state index contributed by atoms with van der Waals surface area (Å²) in [5, 5.41) is 3.37. The fourth-order valence-electron chi connectivity index (χ4n) is 2.71. The first-order chi connectivity index (χ1) is 9.50. The van der Waals surface area contributed by atoms with Crippen molar-refractivity contribution in [1.29, 1.82) is 0 Å². The minimum atomic E-state index is -0.199. The first kappa shape index (κ1) is 15.0. The molecule has 4 heteroatoms. The number of nitrogens with one attached hydrogen (secondary N) is 1. The second kappa shape index (κ2) is 5.92. The van der Waals surface area contributed by atoms with Crippen LogP contribution in [0.4, 0.5) is 0 Å². The molecule has 0 aromatic heterocycles.